The van der Waals surface area contributed by atoms with Gasteiger partial charge in [0.25, 0.3) is 0 Å². The molecule has 3 rings (SSSR count). The van der Waals surface area contributed by atoms with Gasteiger partial charge in [-0.1, -0.05) is 33.6 Å². The van der Waals surface area contributed by atoms with Gasteiger partial charge in [0, 0.05) is 22.8 Å². The van der Waals surface area contributed by atoms with Gasteiger partial charge in [-0.05, 0) is 42.7 Å². The van der Waals surface area contributed by atoms with Crippen molar-refractivity contribution in [3.63, 3.8) is 0 Å². The van der Waals surface area contributed by atoms with Crippen molar-refractivity contribution in [3.05, 3.63) is 34.6 Å². The summed E-state index contributed by atoms with van der Waals surface area (Å²) in [7, 11) is 0. The van der Waals surface area contributed by atoms with Crippen molar-refractivity contribution >= 4 is 11.3 Å². The van der Waals surface area contributed by atoms with Crippen molar-refractivity contribution < 1.29 is 0 Å². The van der Waals surface area contributed by atoms with Crippen molar-refractivity contribution in [1.29, 1.82) is 0 Å². The van der Waals surface area contributed by atoms with Crippen molar-refractivity contribution in [2.45, 2.75) is 58.8 Å². The summed E-state index contributed by atoms with van der Waals surface area (Å²) in [5.74, 6) is 1.38. The quantitative estimate of drug-likeness (QED) is 0.772. The molecular formula is C18H24N2S. The Morgan fingerprint density at radius 1 is 1.38 bits per heavy atom. The third kappa shape index (κ3) is 3.03. The third-order valence-electron chi connectivity index (χ3n) is 4.45. The highest BCUT2D eigenvalue weighted by Gasteiger charge is 2.23. The molecule has 0 N–H and O–H groups in total. The second-order valence-electron chi connectivity index (χ2n) is 6.40. The standard InChI is InChI=1S/C18H24N2S/c1-4-5-13-6-7-16-17(10-13)21-18(20-16)15-11-19-9-8-14(15)12(2)3/h8-9,11-13H,4-7,10H2,1-3H3. The number of hydrogen-bond donors (Lipinski definition) is 0. The second kappa shape index (κ2) is 6.27. The molecule has 0 fully saturated rings. The number of thiazole rings is 1. The number of nitrogens with zero attached hydrogens (tertiary/aromatic N) is 2. The maximum atomic E-state index is 4.94. The molecule has 21 heavy (non-hydrogen) atoms. The molecule has 1 unspecified atom stereocenters. The molecular weight excluding hydrogens is 276 g/mol. The Morgan fingerprint density at radius 2 is 2.24 bits per heavy atom. The van der Waals surface area contributed by atoms with Gasteiger partial charge in [0.2, 0.25) is 0 Å². The van der Waals surface area contributed by atoms with Crippen molar-refractivity contribution in [2.24, 2.45) is 5.92 Å². The van der Waals surface area contributed by atoms with Crippen LogP contribution in [0.4, 0.5) is 0 Å². The lowest BCUT2D eigenvalue weighted by Gasteiger charge is -2.20. The fraction of sp³-hybridized carbons (Fsp3) is 0.556. The van der Waals surface area contributed by atoms with Crippen LogP contribution >= 0.6 is 11.3 Å². The van der Waals surface area contributed by atoms with E-state index in [-0.39, 0.29) is 0 Å². The van der Waals surface area contributed by atoms with E-state index in [1.807, 2.05) is 23.7 Å². The molecule has 0 amide bonds. The fourth-order valence-corrected chi connectivity index (χ4v) is 4.55. The van der Waals surface area contributed by atoms with Crippen LogP contribution in [-0.2, 0) is 12.8 Å². The number of aryl methyl sites for hydroxylation is 1. The predicted molar refractivity (Wildman–Crippen MR) is 89.9 cm³/mol. The zero-order chi connectivity index (χ0) is 14.8. The number of hydrogen-bond acceptors (Lipinski definition) is 3. The smallest absolute Gasteiger partial charge is 0.125 e. The van der Waals surface area contributed by atoms with Crippen LogP contribution in [0.3, 0.4) is 0 Å². The minimum absolute atomic E-state index is 0.511. The Hall–Kier alpha value is -1.22. The first kappa shape index (κ1) is 14.7. The molecule has 112 valence electrons. The van der Waals surface area contributed by atoms with Gasteiger partial charge in [0.1, 0.15) is 5.01 Å². The van der Waals surface area contributed by atoms with E-state index >= 15 is 0 Å². The summed E-state index contributed by atoms with van der Waals surface area (Å²) < 4.78 is 0. The summed E-state index contributed by atoms with van der Waals surface area (Å²) in [6, 6.07) is 2.14. The third-order valence-corrected chi connectivity index (χ3v) is 5.60. The number of rotatable bonds is 4. The molecule has 0 saturated heterocycles. The summed E-state index contributed by atoms with van der Waals surface area (Å²) in [5.41, 5.74) is 3.95. The lowest BCUT2D eigenvalue weighted by Crippen LogP contribution is -2.12. The molecule has 3 heteroatoms. The Morgan fingerprint density at radius 3 is 3.00 bits per heavy atom. The molecule has 0 spiro atoms. The minimum Gasteiger partial charge on any atom is -0.264 e. The summed E-state index contributed by atoms with van der Waals surface area (Å²) in [5, 5.41) is 1.17. The zero-order valence-corrected chi connectivity index (χ0v) is 14.0. The first-order valence-electron chi connectivity index (χ1n) is 8.11. The number of aromatic nitrogens is 2. The molecule has 2 aromatic rings. The molecule has 2 nitrogen and oxygen atoms in total. The van der Waals surface area contributed by atoms with E-state index < -0.39 is 0 Å². The van der Waals surface area contributed by atoms with Crippen LogP contribution in [0, 0.1) is 5.92 Å². The van der Waals surface area contributed by atoms with E-state index in [0.29, 0.717) is 5.92 Å². The van der Waals surface area contributed by atoms with Crippen LogP contribution < -0.4 is 0 Å². The summed E-state index contributed by atoms with van der Waals surface area (Å²) in [4.78, 5) is 10.8. The Labute approximate surface area is 131 Å². The maximum Gasteiger partial charge on any atom is 0.125 e. The van der Waals surface area contributed by atoms with Gasteiger partial charge in [-0.2, -0.15) is 0 Å². The highest BCUT2D eigenvalue weighted by Crippen LogP contribution is 2.37. The van der Waals surface area contributed by atoms with Crippen molar-refractivity contribution in [2.75, 3.05) is 0 Å². The molecule has 0 saturated carbocycles. The van der Waals surface area contributed by atoms with Gasteiger partial charge in [-0.15, -0.1) is 11.3 Å². The average Bonchev–Trinajstić information content (AvgIpc) is 2.90. The second-order valence-corrected chi connectivity index (χ2v) is 7.49. The largest absolute Gasteiger partial charge is 0.264 e. The monoisotopic (exact) mass is 300 g/mol. The van der Waals surface area contributed by atoms with E-state index in [4.69, 9.17) is 4.98 Å². The topological polar surface area (TPSA) is 25.8 Å². The summed E-state index contributed by atoms with van der Waals surface area (Å²) >= 11 is 1.90. The summed E-state index contributed by atoms with van der Waals surface area (Å²) in [6.07, 6.45) is 10.2. The van der Waals surface area contributed by atoms with Crippen LogP contribution in [0.15, 0.2) is 18.5 Å². The van der Waals surface area contributed by atoms with E-state index in [1.54, 1.807) is 0 Å². The highest BCUT2D eigenvalue weighted by molar-refractivity contribution is 7.15. The van der Waals surface area contributed by atoms with Gasteiger partial charge in [-0.25, -0.2) is 4.98 Å². The molecule has 1 atom stereocenters. The first-order valence-corrected chi connectivity index (χ1v) is 8.93. The fourth-order valence-electron chi connectivity index (χ4n) is 3.30. The van der Waals surface area contributed by atoms with Gasteiger partial charge in [0.05, 0.1) is 5.69 Å². The molecule has 0 aromatic carbocycles. The van der Waals surface area contributed by atoms with Crippen molar-refractivity contribution in [1.82, 2.24) is 9.97 Å². The molecule has 1 aliphatic rings. The van der Waals surface area contributed by atoms with Crippen LogP contribution in [0.2, 0.25) is 0 Å². The predicted octanol–water partition coefficient (Wildman–Crippen LogP) is 5.23. The molecule has 0 bridgehead atoms. The zero-order valence-electron chi connectivity index (χ0n) is 13.2. The highest BCUT2D eigenvalue weighted by atomic mass is 32.1. The van der Waals surface area contributed by atoms with Crippen LogP contribution in [0.5, 0.6) is 0 Å². The van der Waals surface area contributed by atoms with Crippen LogP contribution in [0.1, 0.15) is 62.1 Å². The number of fused-ring (bicyclic) bond motifs is 1. The SMILES string of the molecule is CCCC1CCc2nc(-c3cnccc3C(C)C)sc2C1. The van der Waals surface area contributed by atoms with Gasteiger partial charge < -0.3 is 0 Å². The average molecular weight is 300 g/mol. The molecule has 0 aliphatic heterocycles. The van der Waals surface area contributed by atoms with E-state index in [0.717, 1.165) is 12.3 Å². The van der Waals surface area contributed by atoms with Gasteiger partial charge >= 0.3 is 0 Å². The lowest BCUT2D eigenvalue weighted by molar-refractivity contribution is 0.424. The van der Waals surface area contributed by atoms with Crippen LogP contribution in [0.25, 0.3) is 10.6 Å². The van der Waals surface area contributed by atoms with Gasteiger partial charge in [-0.3, -0.25) is 4.98 Å². The number of pyridine rings is 1. The van der Waals surface area contributed by atoms with Crippen LogP contribution in [-0.4, -0.2) is 9.97 Å². The normalized spacial score (nSPS) is 18.0. The van der Waals surface area contributed by atoms with Gasteiger partial charge in [0.15, 0.2) is 0 Å². The van der Waals surface area contributed by atoms with E-state index in [9.17, 15) is 0 Å². The lowest BCUT2D eigenvalue weighted by atomic mass is 9.88. The molecule has 2 heterocycles. The van der Waals surface area contributed by atoms with E-state index in [1.165, 1.54) is 52.4 Å². The molecule has 2 aromatic heterocycles. The summed E-state index contributed by atoms with van der Waals surface area (Å²) in [6.45, 7) is 6.77. The minimum atomic E-state index is 0.511. The molecule has 1 aliphatic carbocycles. The molecule has 0 radical (unpaired) electrons. The Balaban J connectivity index is 1.92. The van der Waals surface area contributed by atoms with Crippen molar-refractivity contribution in [3.8, 4) is 10.6 Å². The Kier molecular flexibility index (Phi) is 4.39. The van der Waals surface area contributed by atoms with E-state index in [2.05, 4.69) is 31.8 Å². The first-order chi connectivity index (χ1) is 10.2. The maximum absolute atomic E-state index is 4.94. The Bertz CT molecular complexity index is 615.